The summed E-state index contributed by atoms with van der Waals surface area (Å²) in [7, 11) is 1.49. The molecule has 0 saturated heterocycles. The Morgan fingerprint density at radius 3 is 2.41 bits per heavy atom. The summed E-state index contributed by atoms with van der Waals surface area (Å²) in [5.41, 5.74) is 3.24. The van der Waals surface area contributed by atoms with Gasteiger partial charge < -0.3 is 13.9 Å². The van der Waals surface area contributed by atoms with E-state index in [1.807, 2.05) is 0 Å². The fraction of sp³-hybridized carbons (Fsp3) is 0.138. The van der Waals surface area contributed by atoms with Crippen molar-refractivity contribution < 1.29 is 28.3 Å². The van der Waals surface area contributed by atoms with Crippen LogP contribution in [-0.4, -0.2) is 49.1 Å². The summed E-state index contributed by atoms with van der Waals surface area (Å²) in [6.45, 7) is 0.482. The lowest BCUT2D eigenvalue weighted by Crippen LogP contribution is -2.31. The molecule has 0 aliphatic carbocycles. The molecule has 1 aliphatic rings. The first kappa shape index (κ1) is 25.4. The van der Waals surface area contributed by atoms with Crippen molar-refractivity contribution in [3.05, 3.63) is 105 Å². The number of hydrogen-bond donors (Lipinski definition) is 1. The van der Waals surface area contributed by atoms with Crippen LogP contribution in [-0.2, 0) is 0 Å². The molecule has 0 bridgehead atoms. The molecule has 5 rings (SSSR count). The summed E-state index contributed by atoms with van der Waals surface area (Å²) < 4.78 is 16.4. The number of methoxy groups -OCH3 is 1. The average molecular weight is 526 g/mol. The second-order valence-electron chi connectivity index (χ2n) is 8.60. The number of ether oxygens (including phenoxy) is 2. The van der Waals surface area contributed by atoms with Crippen molar-refractivity contribution in [3.63, 3.8) is 0 Å². The molecule has 2 heterocycles. The molecule has 0 unspecified atom stereocenters. The van der Waals surface area contributed by atoms with E-state index >= 15 is 0 Å². The van der Waals surface area contributed by atoms with Crippen molar-refractivity contribution in [1.82, 2.24) is 10.3 Å². The molecule has 39 heavy (non-hydrogen) atoms. The lowest BCUT2D eigenvalue weighted by Gasteiger charge is -2.15. The number of carbonyl (C=O) groups excluding carboxylic acids is 3. The zero-order valence-electron chi connectivity index (χ0n) is 20.9. The van der Waals surface area contributed by atoms with Crippen LogP contribution < -0.4 is 20.5 Å². The van der Waals surface area contributed by atoms with E-state index in [1.165, 1.54) is 24.3 Å². The molecule has 3 aromatic carbocycles. The van der Waals surface area contributed by atoms with Gasteiger partial charge in [-0.3, -0.25) is 19.3 Å². The molecule has 1 N–H and O–H groups in total. The molecule has 196 valence electrons. The maximum atomic E-state index is 12.5. The molecule has 0 fully saturated rings. The first-order valence-electron chi connectivity index (χ1n) is 12.1. The Morgan fingerprint density at radius 2 is 1.67 bits per heavy atom. The number of hydrogen-bond acceptors (Lipinski definition) is 8. The van der Waals surface area contributed by atoms with Gasteiger partial charge in [-0.2, -0.15) is 5.10 Å². The standard InChI is InChI=1S/C29H23N3O7/c1-37-25-15-18(17-30-31-26(33)22-16-19-7-2-5-10-23(19)39-29(22)36)11-12-24(25)38-14-6-13-32-27(34)20-8-3-4-9-21(20)28(32)35/h2-5,7-12,15-17H,6,13-14H2,1H3,(H,31,33)/b30-17+. The normalized spacial score (nSPS) is 12.7. The maximum Gasteiger partial charge on any atom is 0.349 e. The number of para-hydroxylation sites is 1. The Morgan fingerprint density at radius 1 is 0.949 bits per heavy atom. The van der Waals surface area contributed by atoms with Crippen molar-refractivity contribution >= 4 is 34.9 Å². The van der Waals surface area contributed by atoms with Crippen molar-refractivity contribution in [2.45, 2.75) is 6.42 Å². The fourth-order valence-electron chi connectivity index (χ4n) is 4.18. The summed E-state index contributed by atoms with van der Waals surface area (Å²) in [4.78, 5) is 50.8. The molecular weight excluding hydrogens is 502 g/mol. The lowest BCUT2D eigenvalue weighted by molar-refractivity contribution is 0.0646. The van der Waals surface area contributed by atoms with Crippen LogP contribution in [0.1, 0.15) is 43.1 Å². The van der Waals surface area contributed by atoms with Gasteiger partial charge in [0.25, 0.3) is 17.7 Å². The molecule has 4 aromatic rings. The monoisotopic (exact) mass is 525 g/mol. The predicted octanol–water partition coefficient (Wildman–Crippen LogP) is 3.63. The van der Waals surface area contributed by atoms with E-state index in [2.05, 4.69) is 10.5 Å². The number of rotatable bonds is 9. The smallest absolute Gasteiger partial charge is 0.349 e. The van der Waals surface area contributed by atoms with Crippen LogP contribution in [0.2, 0.25) is 0 Å². The highest BCUT2D eigenvalue weighted by Gasteiger charge is 2.34. The Bertz CT molecular complexity index is 1640. The third kappa shape index (κ3) is 5.26. The van der Waals surface area contributed by atoms with Gasteiger partial charge >= 0.3 is 5.63 Å². The van der Waals surface area contributed by atoms with Crippen LogP contribution in [0.15, 0.2) is 87.1 Å². The second kappa shape index (κ2) is 11.0. The third-order valence-corrected chi connectivity index (χ3v) is 6.12. The van der Waals surface area contributed by atoms with Crippen LogP contribution in [0.5, 0.6) is 11.5 Å². The number of hydrazone groups is 1. The molecule has 0 saturated carbocycles. The number of carbonyl (C=O) groups is 3. The van der Waals surface area contributed by atoms with Crippen molar-refractivity contribution in [2.75, 3.05) is 20.3 Å². The van der Waals surface area contributed by atoms with Crippen LogP contribution in [0.3, 0.4) is 0 Å². The molecule has 10 heteroatoms. The van der Waals surface area contributed by atoms with Gasteiger partial charge in [0, 0.05) is 11.9 Å². The van der Waals surface area contributed by atoms with E-state index in [1.54, 1.807) is 66.7 Å². The number of imide groups is 1. The molecule has 3 amide bonds. The minimum atomic E-state index is -0.757. The van der Waals surface area contributed by atoms with Gasteiger partial charge in [-0.15, -0.1) is 0 Å². The Hall–Kier alpha value is -5.25. The summed E-state index contributed by atoms with van der Waals surface area (Å²) >= 11 is 0. The van der Waals surface area contributed by atoms with E-state index in [-0.39, 0.29) is 30.5 Å². The number of nitrogens with zero attached hydrogens (tertiary/aromatic N) is 2. The molecule has 1 aliphatic heterocycles. The Kier molecular flexibility index (Phi) is 7.17. The van der Waals surface area contributed by atoms with E-state index < -0.39 is 11.5 Å². The van der Waals surface area contributed by atoms with E-state index in [0.717, 1.165) is 0 Å². The summed E-state index contributed by atoms with van der Waals surface area (Å²) in [5.74, 6) is -0.400. The van der Waals surface area contributed by atoms with Crippen LogP contribution >= 0.6 is 0 Å². The first-order valence-corrected chi connectivity index (χ1v) is 12.1. The van der Waals surface area contributed by atoms with Crippen molar-refractivity contribution in [3.8, 4) is 11.5 Å². The third-order valence-electron chi connectivity index (χ3n) is 6.12. The highest BCUT2D eigenvalue weighted by molar-refractivity contribution is 6.21. The predicted molar refractivity (Wildman–Crippen MR) is 142 cm³/mol. The molecule has 1 aromatic heterocycles. The number of benzene rings is 3. The van der Waals surface area contributed by atoms with E-state index in [9.17, 15) is 19.2 Å². The first-order chi connectivity index (χ1) is 19.0. The van der Waals surface area contributed by atoms with Gasteiger partial charge in [-0.05, 0) is 54.4 Å². The van der Waals surface area contributed by atoms with Gasteiger partial charge in [0.05, 0.1) is 31.1 Å². The van der Waals surface area contributed by atoms with Crippen molar-refractivity contribution in [1.29, 1.82) is 0 Å². The SMILES string of the molecule is COc1cc(/C=N/NC(=O)c2cc3ccccc3oc2=O)ccc1OCCCN1C(=O)c2ccccc2C1=O. The molecule has 10 nitrogen and oxygen atoms in total. The molecular formula is C29H23N3O7. The minimum Gasteiger partial charge on any atom is -0.493 e. The summed E-state index contributed by atoms with van der Waals surface area (Å²) in [5, 5.41) is 4.54. The zero-order valence-corrected chi connectivity index (χ0v) is 20.9. The van der Waals surface area contributed by atoms with Crippen LogP contribution in [0.25, 0.3) is 11.0 Å². The Labute approximate surface area is 222 Å². The molecule has 0 radical (unpaired) electrons. The van der Waals surface area contributed by atoms with E-state index in [4.69, 9.17) is 13.9 Å². The highest BCUT2D eigenvalue weighted by Crippen LogP contribution is 2.28. The number of fused-ring (bicyclic) bond motifs is 2. The van der Waals surface area contributed by atoms with Crippen molar-refractivity contribution in [2.24, 2.45) is 5.10 Å². The fourth-order valence-corrected chi connectivity index (χ4v) is 4.18. The minimum absolute atomic E-state index is 0.159. The highest BCUT2D eigenvalue weighted by atomic mass is 16.5. The average Bonchev–Trinajstić information content (AvgIpc) is 3.20. The van der Waals surface area contributed by atoms with E-state index in [0.29, 0.717) is 45.6 Å². The van der Waals surface area contributed by atoms with Gasteiger partial charge in [-0.25, -0.2) is 10.2 Å². The number of nitrogens with one attached hydrogen (secondary N) is 1. The molecule has 0 atom stereocenters. The van der Waals surface area contributed by atoms with Gasteiger partial charge in [0.15, 0.2) is 11.5 Å². The lowest BCUT2D eigenvalue weighted by atomic mass is 10.1. The van der Waals surface area contributed by atoms with Crippen LogP contribution in [0, 0.1) is 0 Å². The summed E-state index contributed by atoms with van der Waals surface area (Å²) in [6.07, 6.45) is 1.84. The summed E-state index contributed by atoms with van der Waals surface area (Å²) in [6, 6.07) is 20.2. The van der Waals surface area contributed by atoms with Gasteiger partial charge in [0.1, 0.15) is 11.1 Å². The van der Waals surface area contributed by atoms with Gasteiger partial charge in [-0.1, -0.05) is 30.3 Å². The topological polar surface area (TPSA) is 128 Å². The van der Waals surface area contributed by atoms with Crippen LogP contribution in [0.4, 0.5) is 0 Å². The maximum absolute atomic E-state index is 12.5. The van der Waals surface area contributed by atoms with Gasteiger partial charge in [0.2, 0.25) is 0 Å². The second-order valence-corrected chi connectivity index (χ2v) is 8.60. The quantitative estimate of drug-likeness (QED) is 0.116. The molecule has 0 spiro atoms. The Balaban J connectivity index is 1.16. The number of amides is 3. The largest absolute Gasteiger partial charge is 0.493 e. The zero-order chi connectivity index (χ0) is 27.4.